The number of likely N-dealkylation sites (tertiary alicyclic amines) is 1. The maximum absolute atomic E-state index is 12.2. The predicted molar refractivity (Wildman–Crippen MR) is 74.0 cm³/mol. The zero-order chi connectivity index (χ0) is 15.4. The molecule has 0 spiro atoms. The number of ether oxygens (including phenoxy) is 1. The summed E-state index contributed by atoms with van der Waals surface area (Å²) in [6.45, 7) is 0.540. The third-order valence-corrected chi connectivity index (χ3v) is 3.42. The van der Waals surface area contributed by atoms with Crippen LogP contribution in [-0.4, -0.2) is 42.2 Å². The fourth-order valence-electron chi connectivity index (χ4n) is 2.26. The first-order valence-corrected chi connectivity index (χ1v) is 6.42. The van der Waals surface area contributed by atoms with Gasteiger partial charge >= 0.3 is 12.0 Å². The van der Waals surface area contributed by atoms with E-state index in [1.807, 2.05) is 6.07 Å². The van der Waals surface area contributed by atoms with Crippen molar-refractivity contribution in [3.05, 3.63) is 23.8 Å². The summed E-state index contributed by atoms with van der Waals surface area (Å²) in [5.74, 6) is -1.06. The molecule has 1 aliphatic rings. The van der Waals surface area contributed by atoms with Crippen LogP contribution in [0.4, 0.5) is 10.5 Å². The Morgan fingerprint density at radius 1 is 1.52 bits per heavy atom. The van der Waals surface area contributed by atoms with Crippen LogP contribution in [0.3, 0.4) is 0 Å². The Morgan fingerprint density at radius 2 is 2.29 bits per heavy atom. The number of anilines is 1. The number of carbonyl (C=O) groups is 2. The average molecular weight is 289 g/mol. The second kappa shape index (κ2) is 6.13. The van der Waals surface area contributed by atoms with Gasteiger partial charge in [0.2, 0.25) is 0 Å². The number of methoxy groups -OCH3 is 1. The average Bonchev–Trinajstić information content (AvgIpc) is 2.97. The molecule has 1 saturated heterocycles. The van der Waals surface area contributed by atoms with Crippen LogP contribution < -0.4 is 10.1 Å². The van der Waals surface area contributed by atoms with Crippen molar-refractivity contribution in [3.8, 4) is 11.8 Å². The van der Waals surface area contributed by atoms with Gasteiger partial charge in [0, 0.05) is 13.1 Å². The summed E-state index contributed by atoms with van der Waals surface area (Å²) in [6, 6.07) is 6.42. The van der Waals surface area contributed by atoms with E-state index in [2.05, 4.69) is 5.32 Å². The lowest BCUT2D eigenvalue weighted by atomic mass is 10.1. The Labute approximate surface area is 121 Å². The van der Waals surface area contributed by atoms with E-state index >= 15 is 0 Å². The molecular weight excluding hydrogens is 274 g/mol. The number of nitriles is 1. The first kappa shape index (κ1) is 14.7. The number of nitrogens with zero attached hydrogens (tertiary/aromatic N) is 2. The fourth-order valence-corrected chi connectivity index (χ4v) is 2.26. The third-order valence-electron chi connectivity index (χ3n) is 3.42. The van der Waals surface area contributed by atoms with Crippen LogP contribution >= 0.6 is 0 Å². The first-order valence-electron chi connectivity index (χ1n) is 6.42. The molecule has 1 unspecified atom stereocenters. The number of hydrogen-bond donors (Lipinski definition) is 2. The molecule has 1 aliphatic heterocycles. The number of para-hydroxylation sites is 1. The maximum atomic E-state index is 12.2. The van der Waals surface area contributed by atoms with Crippen LogP contribution in [0.25, 0.3) is 0 Å². The van der Waals surface area contributed by atoms with Crippen LogP contribution in [-0.2, 0) is 4.79 Å². The molecule has 1 heterocycles. The van der Waals surface area contributed by atoms with E-state index in [4.69, 9.17) is 15.1 Å². The molecule has 1 aromatic carbocycles. The van der Waals surface area contributed by atoms with Crippen molar-refractivity contribution in [1.29, 1.82) is 5.26 Å². The highest BCUT2D eigenvalue weighted by atomic mass is 16.5. The zero-order valence-corrected chi connectivity index (χ0v) is 11.5. The van der Waals surface area contributed by atoms with Gasteiger partial charge in [-0.25, -0.2) is 4.79 Å². The van der Waals surface area contributed by atoms with Gasteiger partial charge in [0.05, 0.1) is 18.6 Å². The lowest BCUT2D eigenvalue weighted by molar-refractivity contribution is -0.141. The summed E-state index contributed by atoms with van der Waals surface area (Å²) in [7, 11) is 1.45. The standard InChI is InChI=1S/C14H15N3O4/c1-21-11-4-2-3-9(7-15)12(11)16-14(20)17-6-5-10(8-17)13(18)19/h2-4,10H,5-6,8H2,1H3,(H,16,20)(H,18,19). The highest BCUT2D eigenvalue weighted by molar-refractivity contribution is 5.93. The van der Waals surface area contributed by atoms with Gasteiger partial charge in [-0.05, 0) is 18.6 Å². The maximum Gasteiger partial charge on any atom is 0.322 e. The van der Waals surface area contributed by atoms with Crippen molar-refractivity contribution < 1.29 is 19.4 Å². The summed E-state index contributed by atoms with van der Waals surface area (Å²) in [5, 5.41) is 20.7. The molecular formula is C14H15N3O4. The number of nitrogens with one attached hydrogen (secondary N) is 1. The molecule has 1 aromatic rings. The summed E-state index contributed by atoms with van der Waals surface area (Å²) in [6.07, 6.45) is 0.430. The number of carboxylic acids is 1. The van der Waals surface area contributed by atoms with Crippen molar-refractivity contribution >= 4 is 17.7 Å². The molecule has 7 nitrogen and oxygen atoms in total. The van der Waals surface area contributed by atoms with Crippen molar-refractivity contribution in [1.82, 2.24) is 4.90 Å². The topological polar surface area (TPSA) is 103 Å². The zero-order valence-electron chi connectivity index (χ0n) is 11.5. The molecule has 0 radical (unpaired) electrons. The second-order valence-electron chi connectivity index (χ2n) is 4.69. The van der Waals surface area contributed by atoms with Gasteiger partial charge in [-0.3, -0.25) is 4.79 Å². The largest absolute Gasteiger partial charge is 0.495 e. The number of urea groups is 1. The summed E-state index contributed by atoms with van der Waals surface area (Å²) in [5.41, 5.74) is 0.586. The quantitative estimate of drug-likeness (QED) is 0.877. The van der Waals surface area contributed by atoms with Gasteiger partial charge in [0.15, 0.2) is 0 Å². The Balaban J connectivity index is 2.14. The normalized spacial score (nSPS) is 17.1. The molecule has 0 aliphatic carbocycles. The fraction of sp³-hybridized carbons (Fsp3) is 0.357. The monoisotopic (exact) mass is 289 g/mol. The van der Waals surface area contributed by atoms with Crippen molar-refractivity contribution in [2.24, 2.45) is 5.92 Å². The van der Waals surface area contributed by atoms with Gasteiger partial charge in [-0.1, -0.05) is 6.07 Å². The predicted octanol–water partition coefficient (Wildman–Crippen LogP) is 1.51. The molecule has 110 valence electrons. The molecule has 2 N–H and O–H groups in total. The Kier molecular flexibility index (Phi) is 4.28. The number of carboxylic acid groups (broad SMARTS) is 1. The minimum atomic E-state index is -0.902. The van der Waals surface area contributed by atoms with Gasteiger partial charge < -0.3 is 20.1 Å². The first-order chi connectivity index (χ1) is 10.1. The van der Waals surface area contributed by atoms with Crippen LogP contribution in [0.5, 0.6) is 5.75 Å². The molecule has 1 atom stereocenters. The number of rotatable bonds is 3. The molecule has 0 bridgehead atoms. The minimum absolute atomic E-state index is 0.165. The Morgan fingerprint density at radius 3 is 2.86 bits per heavy atom. The van der Waals surface area contributed by atoms with E-state index in [-0.39, 0.29) is 12.1 Å². The smallest absolute Gasteiger partial charge is 0.322 e. The van der Waals surface area contributed by atoms with Gasteiger partial charge in [-0.2, -0.15) is 5.26 Å². The lowest BCUT2D eigenvalue weighted by Crippen LogP contribution is -2.34. The van der Waals surface area contributed by atoms with E-state index in [1.165, 1.54) is 12.0 Å². The summed E-state index contributed by atoms with van der Waals surface area (Å²) >= 11 is 0. The summed E-state index contributed by atoms with van der Waals surface area (Å²) < 4.78 is 5.13. The van der Waals surface area contributed by atoms with Crippen molar-refractivity contribution in [2.45, 2.75) is 6.42 Å². The van der Waals surface area contributed by atoms with Crippen LogP contribution in [0, 0.1) is 17.2 Å². The van der Waals surface area contributed by atoms with Crippen LogP contribution in [0.15, 0.2) is 18.2 Å². The van der Waals surface area contributed by atoms with E-state index < -0.39 is 17.9 Å². The highest BCUT2D eigenvalue weighted by Gasteiger charge is 2.31. The molecule has 0 aromatic heterocycles. The Bertz CT molecular complexity index is 609. The van der Waals surface area contributed by atoms with Gasteiger partial charge in [0.1, 0.15) is 17.5 Å². The van der Waals surface area contributed by atoms with Crippen LogP contribution in [0.1, 0.15) is 12.0 Å². The van der Waals surface area contributed by atoms with E-state index in [9.17, 15) is 9.59 Å². The number of carbonyl (C=O) groups excluding carboxylic acids is 1. The molecule has 7 heteroatoms. The number of aliphatic carboxylic acids is 1. The van der Waals surface area contributed by atoms with Crippen molar-refractivity contribution in [3.63, 3.8) is 0 Å². The number of benzene rings is 1. The SMILES string of the molecule is COc1cccc(C#N)c1NC(=O)N1CCC(C(=O)O)C1. The van der Waals surface area contributed by atoms with E-state index in [1.54, 1.807) is 18.2 Å². The second-order valence-corrected chi connectivity index (χ2v) is 4.69. The third kappa shape index (κ3) is 3.05. The molecule has 0 saturated carbocycles. The highest BCUT2D eigenvalue weighted by Crippen LogP contribution is 2.28. The van der Waals surface area contributed by atoms with Crippen molar-refractivity contribution in [2.75, 3.05) is 25.5 Å². The number of hydrogen-bond acceptors (Lipinski definition) is 4. The Hall–Kier alpha value is -2.75. The van der Waals surface area contributed by atoms with Gasteiger partial charge in [0.25, 0.3) is 0 Å². The molecule has 1 fully saturated rings. The van der Waals surface area contributed by atoms with E-state index in [0.717, 1.165) is 0 Å². The van der Waals surface area contributed by atoms with Crippen LogP contribution in [0.2, 0.25) is 0 Å². The lowest BCUT2D eigenvalue weighted by Gasteiger charge is -2.18. The minimum Gasteiger partial charge on any atom is -0.495 e. The van der Waals surface area contributed by atoms with E-state index in [0.29, 0.717) is 24.4 Å². The van der Waals surface area contributed by atoms with Gasteiger partial charge in [-0.15, -0.1) is 0 Å². The summed E-state index contributed by atoms with van der Waals surface area (Å²) in [4.78, 5) is 24.5. The molecule has 21 heavy (non-hydrogen) atoms. The number of amides is 2. The molecule has 2 amide bonds. The molecule has 2 rings (SSSR count).